The van der Waals surface area contributed by atoms with Crippen molar-refractivity contribution >= 4 is 11.6 Å². The van der Waals surface area contributed by atoms with Crippen LogP contribution in [0, 0.1) is 24.2 Å². The SMILES string of the molecule is CCn1nc(C)c(Cl)c1CC1(CO)CC2CC2C1. The lowest BCUT2D eigenvalue weighted by molar-refractivity contribution is 0.115. The van der Waals surface area contributed by atoms with E-state index in [1.165, 1.54) is 19.3 Å². The van der Waals surface area contributed by atoms with E-state index >= 15 is 0 Å². The molecule has 1 N–H and O–H groups in total. The fourth-order valence-electron chi connectivity index (χ4n) is 3.73. The summed E-state index contributed by atoms with van der Waals surface area (Å²) in [6, 6.07) is 0. The molecule has 2 aliphatic carbocycles. The van der Waals surface area contributed by atoms with E-state index in [1.54, 1.807) is 0 Å². The van der Waals surface area contributed by atoms with E-state index in [2.05, 4.69) is 12.0 Å². The predicted molar refractivity (Wildman–Crippen MR) is 71.7 cm³/mol. The quantitative estimate of drug-likeness (QED) is 0.912. The Labute approximate surface area is 113 Å². The molecular weight excluding hydrogens is 248 g/mol. The van der Waals surface area contributed by atoms with E-state index in [0.29, 0.717) is 0 Å². The highest BCUT2D eigenvalue weighted by Gasteiger charge is 2.53. The largest absolute Gasteiger partial charge is 0.396 e. The van der Waals surface area contributed by atoms with Gasteiger partial charge in [-0.05, 0) is 56.8 Å². The van der Waals surface area contributed by atoms with Crippen LogP contribution in [0.25, 0.3) is 0 Å². The minimum atomic E-state index is 0.0661. The summed E-state index contributed by atoms with van der Waals surface area (Å²) in [6.45, 7) is 5.17. The van der Waals surface area contributed by atoms with Crippen molar-refractivity contribution in [3.05, 3.63) is 16.4 Å². The average Bonchev–Trinajstić information content (AvgIpc) is 2.90. The lowest BCUT2D eigenvalue weighted by Crippen LogP contribution is -2.28. The molecule has 0 amide bonds. The second-order valence-corrected chi connectivity index (χ2v) is 6.54. The minimum Gasteiger partial charge on any atom is -0.396 e. The first-order chi connectivity index (χ1) is 8.58. The van der Waals surface area contributed by atoms with Gasteiger partial charge in [0.25, 0.3) is 0 Å². The lowest BCUT2D eigenvalue weighted by Gasteiger charge is -2.29. The molecule has 0 spiro atoms. The molecule has 0 aromatic carbocycles. The van der Waals surface area contributed by atoms with Crippen LogP contribution in [0.2, 0.25) is 5.02 Å². The summed E-state index contributed by atoms with van der Waals surface area (Å²) in [5, 5.41) is 15.1. The van der Waals surface area contributed by atoms with Crippen LogP contribution in [0.1, 0.15) is 37.6 Å². The summed E-state index contributed by atoms with van der Waals surface area (Å²) < 4.78 is 2.00. The molecule has 0 bridgehead atoms. The number of nitrogens with zero attached hydrogens (tertiary/aromatic N) is 2. The normalized spacial score (nSPS) is 33.8. The Kier molecular flexibility index (Phi) is 2.94. The van der Waals surface area contributed by atoms with Gasteiger partial charge in [0, 0.05) is 13.2 Å². The Hall–Kier alpha value is -0.540. The predicted octanol–water partition coefficient (Wildman–Crippen LogP) is 2.82. The number of hydrogen-bond acceptors (Lipinski definition) is 2. The molecule has 2 aliphatic rings. The maximum absolute atomic E-state index is 9.80. The summed E-state index contributed by atoms with van der Waals surface area (Å²) >= 11 is 6.37. The summed E-state index contributed by atoms with van der Waals surface area (Å²) in [7, 11) is 0. The number of halogens is 1. The number of aromatic nitrogens is 2. The van der Waals surface area contributed by atoms with Crippen molar-refractivity contribution in [2.45, 2.75) is 46.1 Å². The summed E-state index contributed by atoms with van der Waals surface area (Å²) in [5.41, 5.74) is 2.09. The number of hydrogen-bond donors (Lipinski definition) is 1. The van der Waals surface area contributed by atoms with E-state index in [1.807, 2.05) is 11.6 Å². The molecule has 2 fully saturated rings. The van der Waals surface area contributed by atoms with Gasteiger partial charge in [-0.1, -0.05) is 11.6 Å². The van der Waals surface area contributed by atoms with E-state index in [4.69, 9.17) is 11.6 Å². The summed E-state index contributed by atoms with van der Waals surface area (Å²) in [4.78, 5) is 0. The lowest BCUT2D eigenvalue weighted by atomic mass is 9.79. The summed E-state index contributed by atoms with van der Waals surface area (Å²) in [5.74, 6) is 1.74. The van der Waals surface area contributed by atoms with E-state index < -0.39 is 0 Å². The van der Waals surface area contributed by atoms with Crippen molar-refractivity contribution < 1.29 is 5.11 Å². The van der Waals surface area contributed by atoms with Crippen molar-refractivity contribution in [1.29, 1.82) is 0 Å². The maximum atomic E-state index is 9.80. The molecule has 1 heterocycles. The molecule has 100 valence electrons. The third-order valence-corrected chi connectivity index (χ3v) is 5.28. The molecule has 1 aromatic heterocycles. The number of aliphatic hydroxyl groups is 1. The smallest absolute Gasteiger partial charge is 0.0847 e. The van der Waals surface area contributed by atoms with Gasteiger partial charge in [0.2, 0.25) is 0 Å². The van der Waals surface area contributed by atoms with Crippen LogP contribution < -0.4 is 0 Å². The van der Waals surface area contributed by atoms with Gasteiger partial charge in [-0.15, -0.1) is 0 Å². The second-order valence-electron chi connectivity index (χ2n) is 6.16. The Bertz CT molecular complexity index is 459. The molecule has 4 heteroatoms. The third kappa shape index (κ3) is 1.88. The van der Waals surface area contributed by atoms with Gasteiger partial charge in [0.05, 0.1) is 16.4 Å². The molecule has 0 radical (unpaired) electrons. The first-order valence-electron chi connectivity index (χ1n) is 6.91. The van der Waals surface area contributed by atoms with Crippen molar-refractivity contribution in [3.63, 3.8) is 0 Å². The van der Waals surface area contributed by atoms with Gasteiger partial charge in [0.15, 0.2) is 0 Å². The van der Waals surface area contributed by atoms with Crippen LogP contribution in [-0.4, -0.2) is 21.5 Å². The number of fused-ring (bicyclic) bond motifs is 1. The molecular formula is C14H21ClN2O. The van der Waals surface area contributed by atoms with Gasteiger partial charge < -0.3 is 5.11 Å². The zero-order valence-electron chi connectivity index (χ0n) is 11.1. The molecule has 1 aromatic rings. The number of rotatable bonds is 4. The molecule has 3 rings (SSSR count). The second kappa shape index (κ2) is 4.24. The highest BCUT2D eigenvalue weighted by molar-refractivity contribution is 6.31. The third-order valence-electron chi connectivity index (χ3n) is 4.79. The summed E-state index contributed by atoms with van der Waals surface area (Å²) in [6.07, 6.45) is 4.59. The fraction of sp³-hybridized carbons (Fsp3) is 0.786. The van der Waals surface area contributed by atoms with Gasteiger partial charge in [-0.2, -0.15) is 5.10 Å². The molecule has 0 aliphatic heterocycles. The Balaban J connectivity index is 1.87. The minimum absolute atomic E-state index is 0.0661. The van der Waals surface area contributed by atoms with Gasteiger partial charge in [0.1, 0.15) is 0 Å². The van der Waals surface area contributed by atoms with Crippen molar-refractivity contribution in [1.82, 2.24) is 9.78 Å². The van der Waals surface area contributed by atoms with Crippen molar-refractivity contribution in [3.8, 4) is 0 Å². The van der Waals surface area contributed by atoms with Crippen LogP contribution in [0.5, 0.6) is 0 Å². The van der Waals surface area contributed by atoms with Gasteiger partial charge in [-0.25, -0.2) is 0 Å². The molecule has 18 heavy (non-hydrogen) atoms. The van der Waals surface area contributed by atoms with Crippen molar-refractivity contribution in [2.24, 2.45) is 17.3 Å². The number of aryl methyl sites for hydroxylation is 2. The van der Waals surface area contributed by atoms with Crippen LogP contribution in [0.3, 0.4) is 0 Å². The Morgan fingerprint density at radius 3 is 2.67 bits per heavy atom. The molecule has 0 saturated heterocycles. The monoisotopic (exact) mass is 268 g/mol. The Morgan fingerprint density at radius 1 is 1.44 bits per heavy atom. The highest BCUT2D eigenvalue weighted by atomic mass is 35.5. The van der Waals surface area contributed by atoms with Crippen molar-refractivity contribution in [2.75, 3.05) is 6.61 Å². The zero-order valence-corrected chi connectivity index (χ0v) is 11.9. The van der Waals surface area contributed by atoms with Gasteiger partial charge >= 0.3 is 0 Å². The number of aliphatic hydroxyl groups excluding tert-OH is 1. The molecule has 3 nitrogen and oxygen atoms in total. The van der Waals surface area contributed by atoms with Crippen LogP contribution >= 0.6 is 11.6 Å². The topological polar surface area (TPSA) is 38.0 Å². The van der Waals surface area contributed by atoms with Crippen LogP contribution in [0.15, 0.2) is 0 Å². The van der Waals surface area contributed by atoms with E-state index in [-0.39, 0.29) is 12.0 Å². The van der Waals surface area contributed by atoms with E-state index in [9.17, 15) is 5.11 Å². The first-order valence-corrected chi connectivity index (χ1v) is 7.29. The molecule has 2 saturated carbocycles. The zero-order chi connectivity index (χ0) is 12.9. The van der Waals surface area contributed by atoms with Crippen LogP contribution in [-0.2, 0) is 13.0 Å². The highest BCUT2D eigenvalue weighted by Crippen LogP contribution is 2.60. The first kappa shape index (κ1) is 12.5. The van der Waals surface area contributed by atoms with Gasteiger partial charge in [-0.3, -0.25) is 4.68 Å². The molecule has 2 unspecified atom stereocenters. The standard InChI is InChI=1S/C14H21ClN2O/c1-3-17-12(13(15)9(2)16-17)7-14(8-18)5-10-4-11(10)6-14/h10-11,18H,3-8H2,1-2H3. The maximum Gasteiger partial charge on any atom is 0.0847 e. The fourth-order valence-corrected chi connectivity index (χ4v) is 3.93. The molecule has 2 atom stereocenters. The Morgan fingerprint density at radius 2 is 2.11 bits per heavy atom. The average molecular weight is 269 g/mol. The van der Waals surface area contributed by atoms with E-state index in [0.717, 1.165) is 41.2 Å². The van der Waals surface area contributed by atoms with Crippen LogP contribution in [0.4, 0.5) is 0 Å².